The first kappa shape index (κ1) is 18.0. The van der Waals surface area contributed by atoms with Gasteiger partial charge in [0, 0.05) is 30.6 Å². The van der Waals surface area contributed by atoms with Gasteiger partial charge in [0.15, 0.2) is 0 Å². The van der Waals surface area contributed by atoms with Gasteiger partial charge in [-0.2, -0.15) is 8.78 Å². The molecule has 30 heavy (non-hydrogen) atoms. The molecule has 2 saturated heterocycles. The van der Waals surface area contributed by atoms with Crippen LogP contribution in [0.2, 0.25) is 0 Å². The number of fused-ring (bicyclic) bond motifs is 3. The molecule has 3 heterocycles. The molecule has 1 amide bonds. The molecule has 0 radical (unpaired) electrons. The molecule has 6 rings (SSSR count). The Morgan fingerprint density at radius 2 is 2.03 bits per heavy atom. The average molecular weight is 414 g/mol. The van der Waals surface area contributed by atoms with Crippen LogP contribution in [0.5, 0.6) is 0 Å². The number of hydrogen-bond donors (Lipinski definition) is 2. The standard InChI is InChI=1S/C21H20F2N4O3/c22-21(23)6-4-14-16(24-18(25-17(14)21)27-8-13(28)9-27)12-1-2-15-11(7-12)3-5-20(15)10-30-19(29)26-20/h1-2,7,13,28H,3-6,8-10H2,(H,26,29). The number of aryl methyl sites for hydroxylation is 1. The third-order valence-corrected chi connectivity index (χ3v) is 6.68. The van der Waals surface area contributed by atoms with Crippen LogP contribution in [0, 0.1) is 0 Å². The van der Waals surface area contributed by atoms with E-state index in [0.717, 1.165) is 29.5 Å². The molecule has 0 bridgehead atoms. The summed E-state index contributed by atoms with van der Waals surface area (Å²) in [5, 5.41) is 12.5. The van der Waals surface area contributed by atoms with Crippen LogP contribution in [-0.4, -0.2) is 47.0 Å². The van der Waals surface area contributed by atoms with E-state index in [4.69, 9.17) is 4.74 Å². The van der Waals surface area contributed by atoms with E-state index >= 15 is 0 Å². The van der Waals surface area contributed by atoms with Gasteiger partial charge in [-0.3, -0.25) is 0 Å². The Bertz CT molecular complexity index is 1090. The minimum Gasteiger partial charge on any atom is -0.447 e. The fourth-order valence-electron chi connectivity index (χ4n) is 5.04. The Hall–Kier alpha value is -2.81. The minimum absolute atomic E-state index is 0.197. The molecule has 1 unspecified atom stereocenters. The van der Waals surface area contributed by atoms with Gasteiger partial charge in [0.1, 0.15) is 17.8 Å². The molecule has 9 heteroatoms. The zero-order valence-electron chi connectivity index (χ0n) is 16.1. The molecule has 1 aromatic carbocycles. The van der Waals surface area contributed by atoms with Crippen molar-refractivity contribution in [2.24, 2.45) is 0 Å². The molecular weight excluding hydrogens is 394 g/mol. The number of alkyl carbamates (subject to hydrolysis) is 1. The molecule has 1 atom stereocenters. The second-order valence-electron chi connectivity index (χ2n) is 8.62. The Kier molecular flexibility index (Phi) is 3.52. The zero-order chi connectivity index (χ0) is 20.7. The van der Waals surface area contributed by atoms with Gasteiger partial charge in [0.2, 0.25) is 5.95 Å². The highest BCUT2D eigenvalue weighted by Crippen LogP contribution is 2.46. The van der Waals surface area contributed by atoms with Gasteiger partial charge in [0.25, 0.3) is 5.92 Å². The van der Waals surface area contributed by atoms with E-state index in [0.29, 0.717) is 31.0 Å². The van der Waals surface area contributed by atoms with Crippen LogP contribution in [0.1, 0.15) is 35.2 Å². The van der Waals surface area contributed by atoms with E-state index in [1.54, 1.807) is 4.90 Å². The summed E-state index contributed by atoms with van der Waals surface area (Å²) in [6.45, 7) is 0.987. The molecule has 2 aliphatic heterocycles. The summed E-state index contributed by atoms with van der Waals surface area (Å²) in [4.78, 5) is 22.1. The molecule has 2 aliphatic carbocycles. The predicted octanol–water partition coefficient (Wildman–Crippen LogP) is 2.24. The maximum atomic E-state index is 14.5. The van der Waals surface area contributed by atoms with Gasteiger partial charge in [0.05, 0.1) is 11.8 Å². The number of carbonyl (C=O) groups is 1. The molecular formula is C21H20F2N4O3. The first-order chi connectivity index (χ1) is 14.3. The second-order valence-corrected chi connectivity index (χ2v) is 8.62. The number of nitrogens with one attached hydrogen (secondary N) is 1. The summed E-state index contributed by atoms with van der Waals surface area (Å²) >= 11 is 0. The summed E-state index contributed by atoms with van der Waals surface area (Å²) in [7, 11) is 0. The molecule has 4 aliphatic rings. The fourth-order valence-corrected chi connectivity index (χ4v) is 5.04. The number of amides is 1. The van der Waals surface area contributed by atoms with Crippen molar-refractivity contribution in [1.82, 2.24) is 15.3 Å². The van der Waals surface area contributed by atoms with Crippen molar-refractivity contribution >= 4 is 12.0 Å². The van der Waals surface area contributed by atoms with E-state index in [1.807, 2.05) is 18.2 Å². The third-order valence-electron chi connectivity index (χ3n) is 6.68. The number of aromatic nitrogens is 2. The van der Waals surface area contributed by atoms with Gasteiger partial charge in [-0.15, -0.1) is 0 Å². The van der Waals surface area contributed by atoms with Gasteiger partial charge in [-0.1, -0.05) is 12.1 Å². The summed E-state index contributed by atoms with van der Waals surface area (Å²) < 4.78 is 34.2. The number of carbonyl (C=O) groups excluding carboxylic acids is 1. The first-order valence-corrected chi connectivity index (χ1v) is 10.2. The minimum atomic E-state index is -2.97. The van der Waals surface area contributed by atoms with Gasteiger partial charge in [-0.25, -0.2) is 14.8 Å². The number of cyclic esters (lactones) is 1. The highest BCUT2D eigenvalue weighted by molar-refractivity contribution is 5.73. The molecule has 0 saturated carbocycles. The number of hydrogen-bond acceptors (Lipinski definition) is 6. The quantitative estimate of drug-likeness (QED) is 0.784. The lowest BCUT2D eigenvalue weighted by molar-refractivity contribution is -0.00597. The molecule has 156 valence electrons. The number of benzene rings is 1. The largest absolute Gasteiger partial charge is 0.447 e. The lowest BCUT2D eigenvalue weighted by Crippen LogP contribution is -2.51. The molecule has 2 N–H and O–H groups in total. The van der Waals surface area contributed by atoms with E-state index in [2.05, 4.69) is 15.3 Å². The monoisotopic (exact) mass is 414 g/mol. The van der Waals surface area contributed by atoms with Crippen LogP contribution in [0.4, 0.5) is 19.5 Å². The highest BCUT2D eigenvalue weighted by atomic mass is 19.3. The maximum Gasteiger partial charge on any atom is 0.408 e. The highest BCUT2D eigenvalue weighted by Gasteiger charge is 2.47. The zero-order valence-corrected chi connectivity index (χ0v) is 16.1. The number of ether oxygens (including phenoxy) is 1. The second kappa shape index (κ2) is 5.87. The summed E-state index contributed by atoms with van der Waals surface area (Å²) in [6, 6.07) is 5.81. The number of halogens is 2. The van der Waals surface area contributed by atoms with Crippen molar-refractivity contribution in [1.29, 1.82) is 0 Å². The summed E-state index contributed by atoms with van der Waals surface area (Å²) in [5.41, 5.74) is 3.19. The van der Waals surface area contributed by atoms with Crippen LogP contribution in [0.25, 0.3) is 11.3 Å². The lowest BCUT2D eigenvalue weighted by Gasteiger charge is -2.36. The molecule has 1 spiro atoms. The number of nitrogens with zero attached hydrogens (tertiary/aromatic N) is 3. The Morgan fingerprint density at radius 1 is 1.20 bits per heavy atom. The van der Waals surface area contributed by atoms with Crippen LogP contribution in [0.3, 0.4) is 0 Å². The van der Waals surface area contributed by atoms with Crippen molar-refractivity contribution in [2.75, 3.05) is 24.6 Å². The van der Waals surface area contributed by atoms with E-state index in [1.165, 1.54) is 0 Å². The number of β-amino-alcohol motifs (C(OH)–C–C–N with tert-alkyl or cyclic N) is 1. The molecule has 1 aromatic heterocycles. The van der Waals surface area contributed by atoms with Gasteiger partial charge < -0.3 is 20.1 Å². The topological polar surface area (TPSA) is 87.6 Å². The number of alkyl halides is 2. The molecule has 2 aromatic rings. The third kappa shape index (κ3) is 2.47. The summed E-state index contributed by atoms with van der Waals surface area (Å²) in [6.07, 6.45) is 0.574. The van der Waals surface area contributed by atoms with Crippen LogP contribution in [-0.2, 0) is 29.0 Å². The van der Waals surface area contributed by atoms with Crippen molar-refractivity contribution in [3.63, 3.8) is 0 Å². The van der Waals surface area contributed by atoms with E-state index in [9.17, 15) is 18.7 Å². The number of rotatable bonds is 2. The smallest absolute Gasteiger partial charge is 0.408 e. The predicted molar refractivity (Wildman–Crippen MR) is 102 cm³/mol. The van der Waals surface area contributed by atoms with E-state index < -0.39 is 23.7 Å². The van der Waals surface area contributed by atoms with Crippen molar-refractivity contribution < 1.29 is 23.4 Å². The molecule has 2 fully saturated rings. The van der Waals surface area contributed by atoms with Crippen LogP contribution in [0.15, 0.2) is 18.2 Å². The Balaban J connectivity index is 1.45. The average Bonchev–Trinajstić information content (AvgIpc) is 3.35. The van der Waals surface area contributed by atoms with E-state index in [-0.39, 0.29) is 24.5 Å². The first-order valence-electron chi connectivity index (χ1n) is 10.2. The van der Waals surface area contributed by atoms with Crippen molar-refractivity contribution in [3.8, 4) is 11.3 Å². The van der Waals surface area contributed by atoms with Gasteiger partial charge >= 0.3 is 6.09 Å². The Morgan fingerprint density at radius 3 is 2.77 bits per heavy atom. The van der Waals surface area contributed by atoms with Crippen LogP contribution < -0.4 is 10.2 Å². The number of aliphatic hydroxyl groups excluding tert-OH is 1. The number of anilines is 1. The maximum absolute atomic E-state index is 14.5. The number of aliphatic hydroxyl groups is 1. The molecule has 7 nitrogen and oxygen atoms in total. The summed E-state index contributed by atoms with van der Waals surface area (Å²) in [5.74, 6) is -2.73. The Labute approximate surface area is 171 Å². The van der Waals surface area contributed by atoms with Crippen molar-refractivity contribution in [3.05, 3.63) is 40.6 Å². The normalized spacial score (nSPS) is 26.4. The van der Waals surface area contributed by atoms with Gasteiger partial charge in [-0.05, 0) is 36.5 Å². The van der Waals surface area contributed by atoms with Crippen molar-refractivity contribution in [2.45, 2.75) is 43.2 Å². The van der Waals surface area contributed by atoms with Crippen LogP contribution >= 0.6 is 0 Å². The lowest BCUT2D eigenvalue weighted by atomic mass is 9.92. The fraction of sp³-hybridized carbons (Fsp3) is 0.476. The SMILES string of the molecule is O=C1NC2(CCc3cc(-c4nc(N5CC(O)C5)nc5c4CCC5(F)F)ccc32)CO1.